The van der Waals surface area contributed by atoms with Crippen molar-refractivity contribution in [3.8, 4) is 0 Å². The van der Waals surface area contributed by atoms with Gasteiger partial charge in [-0.25, -0.2) is 0 Å². The van der Waals surface area contributed by atoms with E-state index in [0.29, 0.717) is 5.92 Å². The fourth-order valence-electron chi connectivity index (χ4n) is 4.41. The Bertz CT molecular complexity index is 403. The molecule has 0 aromatic carbocycles. The van der Waals surface area contributed by atoms with E-state index in [1.54, 1.807) is 0 Å². The normalized spacial score (nSPS) is 51.6. The predicted octanol–water partition coefficient (Wildman–Crippen LogP) is 2.29. The zero-order chi connectivity index (χ0) is 13.1. The van der Waals surface area contributed by atoms with Gasteiger partial charge >= 0.3 is 5.97 Å². The minimum atomic E-state index is -0.288. The quantitative estimate of drug-likeness (QED) is 0.530. The van der Waals surface area contributed by atoms with E-state index in [9.17, 15) is 9.90 Å². The third-order valence-electron chi connectivity index (χ3n) is 5.68. The number of aliphatic hydroxyl groups is 1. The number of hydrogen-bond acceptors (Lipinski definition) is 3. The third kappa shape index (κ3) is 1.43. The highest BCUT2D eigenvalue weighted by atomic mass is 16.6. The summed E-state index contributed by atoms with van der Waals surface area (Å²) >= 11 is 0. The van der Waals surface area contributed by atoms with Crippen LogP contribution in [0.2, 0.25) is 0 Å². The predicted molar refractivity (Wildman–Crippen MR) is 67.7 cm³/mol. The molecule has 2 saturated carbocycles. The van der Waals surface area contributed by atoms with Crippen LogP contribution in [0, 0.1) is 23.2 Å². The van der Waals surface area contributed by atoms with E-state index in [0.717, 1.165) is 25.7 Å². The summed E-state index contributed by atoms with van der Waals surface area (Å²) in [7, 11) is 0. The van der Waals surface area contributed by atoms with E-state index in [4.69, 9.17) is 4.74 Å². The minimum Gasteiger partial charge on any atom is -0.461 e. The molecular formula is C15H22O3. The van der Waals surface area contributed by atoms with E-state index >= 15 is 0 Å². The van der Waals surface area contributed by atoms with Gasteiger partial charge in [0.25, 0.3) is 0 Å². The number of carbonyl (C=O) groups excluding carboxylic acids is 1. The lowest BCUT2D eigenvalue weighted by molar-refractivity contribution is -0.152. The molecule has 3 fully saturated rings. The Morgan fingerprint density at radius 2 is 2.17 bits per heavy atom. The molecule has 0 aromatic rings. The first-order valence-corrected chi connectivity index (χ1v) is 7.01. The summed E-state index contributed by atoms with van der Waals surface area (Å²) in [5, 5.41) is 10.4. The second-order valence-corrected chi connectivity index (χ2v) is 6.59. The Labute approximate surface area is 108 Å². The first-order valence-electron chi connectivity index (χ1n) is 7.01. The van der Waals surface area contributed by atoms with Crippen molar-refractivity contribution >= 4 is 5.97 Å². The van der Waals surface area contributed by atoms with Crippen molar-refractivity contribution in [3.05, 3.63) is 12.2 Å². The van der Waals surface area contributed by atoms with Crippen LogP contribution < -0.4 is 0 Å². The molecule has 6 atom stereocenters. The van der Waals surface area contributed by atoms with Gasteiger partial charge in [0.2, 0.25) is 0 Å². The second-order valence-electron chi connectivity index (χ2n) is 6.59. The van der Waals surface area contributed by atoms with Crippen molar-refractivity contribution in [1.82, 2.24) is 0 Å². The molecule has 100 valence electrons. The molecule has 0 aromatic heterocycles. The number of hydrogen-bond donors (Lipinski definition) is 1. The number of aliphatic hydroxyl groups excluding tert-OH is 1. The molecular weight excluding hydrogens is 228 g/mol. The van der Waals surface area contributed by atoms with E-state index in [1.807, 2.05) is 6.92 Å². The van der Waals surface area contributed by atoms with Crippen molar-refractivity contribution in [2.24, 2.45) is 23.2 Å². The van der Waals surface area contributed by atoms with Gasteiger partial charge in [-0.2, -0.15) is 0 Å². The Balaban J connectivity index is 1.98. The zero-order valence-corrected chi connectivity index (χ0v) is 11.2. The van der Waals surface area contributed by atoms with E-state index in [2.05, 4.69) is 13.5 Å². The van der Waals surface area contributed by atoms with E-state index in [-0.39, 0.29) is 35.4 Å². The van der Waals surface area contributed by atoms with Crippen molar-refractivity contribution in [3.63, 3.8) is 0 Å². The molecule has 3 nitrogen and oxygen atoms in total. The molecule has 1 aliphatic heterocycles. The van der Waals surface area contributed by atoms with Gasteiger partial charge in [-0.05, 0) is 25.7 Å². The second kappa shape index (κ2) is 3.83. The van der Waals surface area contributed by atoms with E-state index in [1.165, 1.54) is 5.57 Å². The Kier molecular flexibility index (Phi) is 2.60. The van der Waals surface area contributed by atoms with Gasteiger partial charge in [-0.3, -0.25) is 4.79 Å². The van der Waals surface area contributed by atoms with Gasteiger partial charge in [0.1, 0.15) is 6.10 Å². The maximum absolute atomic E-state index is 11.8. The zero-order valence-electron chi connectivity index (χ0n) is 11.2. The van der Waals surface area contributed by atoms with Gasteiger partial charge < -0.3 is 9.84 Å². The molecule has 1 N–H and O–H groups in total. The van der Waals surface area contributed by atoms with Crippen molar-refractivity contribution in [1.29, 1.82) is 0 Å². The van der Waals surface area contributed by atoms with Crippen LogP contribution in [0.25, 0.3) is 0 Å². The number of rotatable bonds is 0. The average Bonchev–Trinajstić information content (AvgIpc) is 2.60. The largest absolute Gasteiger partial charge is 0.461 e. The minimum absolute atomic E-state index is 0.00594. The number of carbonyl (C=O) groups is 1. The summed E-state index contributed by atoms with van der Waals surface area (Å²) < 4.78 is 5.62. The summed E-state index contributed by atoms with van der Waals surface area (Å²) in [6.07, 6.45) is 3.27. The Hall–Kier alpha value is -0.830. The number of fused-ring (bicyclic) bond motifs is 3. The van der Waals surface area contributed by atoms with Gasteiger partial charge in [0.15, 0.2) is 0 Å². The summed E-state index contributed by atoms with van der Waals surface area (Å²) in [5.41, 5.74) is 1.01. The van der Waals surface area contributed by atoms with Gasteiger partial charge in [-0.15, -0.1) is 0 Å². The van der Waals surface area contributed by atoms with Crippen molar-refractivity contribution in [2.75, 3.05) is 0 Å². The van der Waals surface area contributed by atoms with Crippen LogP contribution in [0.5, 0.6) is 0 Å². The monoisotopic (exact) mass is 250 g/mol. The molecule has 0 unspecified atom stereocenters. The molecule has 0 amide bonds. The molecule has 3 aliphatic rings. The lowest BCUT2D eigenvalue weighted by Crippen LogP contribution is -2.53. The fraction of sp³-hybridized carbons (Fsp3) is 0.800. The molecule has 0 spiro atoms. The van der Waals surface area contributed by atoms with Crippen LogP contribution in [0.1, 0.15) is 39.5 Å². The van der Waals surface area contributed by atoms with Crippen molar-refractivity contribution in [2.45, 2.75) is 51.7 Å². The maximum atomic E-state index is 11.8. The molecule has 18 heavy (non-hydrogen) atoms. The van der Waals surface area contributed by atoms with Gasteiger partial charge in [0, 0.05) is 17.3 Å². The Morgan fingerprint density at radius 1 is 1.44 bits per heavy atom. The summed E-state index contributed by atoms with van der Waals surface area (Å²) in [6, 6.07) is 0. The number of ether oxygens (including phenoxy) is 1. The maximum Gasteiger partial charge on any atom is 0.309 e. The highest BCUT2D eigenvalue weighted by molar-refractivity contribution is 5.75. The fourth-order valence-corrected chi connectivity index (χ4v) is 4.41. The van der Waals surface area contributed by atoms with Crippen molar-refractivity contribution < 1.29 is 14.6 Å². The van der Waals surface area contributed by atoms with Crippen LogP contribution in [0.15, 0.2) is 12.2 Å². The summed E-state index contributed by atoms with van der Waals surface area (Å²) in [6.45, 7) is 8.29. The molecule has 1 heterocycles. The standard InChI is InChI=1S/C15H22O3/c1-8-4-5-11(16)15(3)7-6-10-9(2)14(17)18-13(10)12(8)15/h9-13,16H,1,4-7H2,2-3H3/t9-,10-,11+,12+,13-,15-/m0/s1. The van der Waals surface area contributed by atoms with Gasteiger partial charge in [-0.1, -0.05) is 26.0 Å². The van der Waals surface area contributed by atoms with E-state index < -0.39 is 0 Å². The number of esters is 1. The molecule has 0 radical (unpaired) electrons. The topological polar surface area (TPSA) is 46.5 Å². The molecule has 3 heteroatoms. The Morgan fingerprint density at radius 3 is 2.89 bits per heavy atom. The van der Waals surface area contributed by atoms with Crippen LogP contribution in [0.3, 0.4) is 0 Å². The third-order valence-corrected chi connectivity index (χ3v) is 5.68. The first-order chi connectivity index (χ1) is 8.45. The lowest BCUT2D eigenvalue weighted by Gasteiger charge is -2.52. The van der Waals surface area contributed by atoms with Crippen LogP contribution >= 0.6 is 0 Å². The summed E-state index contributed by atoms with van der Waals surface area (Å²) in [4.78, 5) is 11.8. The summed E-state index contributed by atoms with van der Waals surface area (Å²) in [5.74, 6) is 0.403. The smallest absolute Gasteiger partial charge is 0.309 e. The van der Waals surface area contributed by atoms with Gasteiger partial charge in [0.05, 0.1) is 12.0 Å². The van der Waals surface area contributed by atoms with Crippen LogP contribution in [0.4, 0.5) is 0 Å². The SMILES string of the molecule is C=C1CC[C@@H](O)[C@]2(C)CC[C@@H]3[C@H](OC(=O)[C@H]3C)[C@@H]12. The molecule has 1 saturated heterocycles. The molecule has 2 aliphatic carbocycles. The molecule has 0 bridgehead atoms. The first kappa shape index (κ1) is 12.2. The van der Waals surface area contributed by atoms with Crippen LogP contribution in [-0.2, 0) is 9.53 Å². The molecule has 3 rings (SSSR count). The average molecular weight is 250 g/mol. The lowest BCUT2D eigenvalue weighted by atomic mass is 9.54. The highest BCUT2D eigenvalue weighted by Gasteiger charge is 2.58. The highest BCUT2D eigenvalue weighted by Crippen LogP contribution is 2.57. The van der Waals surface area contributed by atoms with Crippen LogP contribution in [-0.4, -0.2) is 23.3 Å².